The first-order valence-corrected chi connectivity index (χ1v) is 6.75. The van der Waals surface area contributed by atoms with E-state index in [1.165, 1.54) is 18.3 Å². The van der Waals surface area contributed by atoms with Gasteiger partial charge >= 0.3 is 5.76 Å². The number of anilines is 1. The van der Waals surface area contributed by atoms with E-state index in [1.54, 1.807) is 0 Å². The molecule has 2 rings (SSSR count). The van der Waals surface area contributed by atoms with Crippen molar-refractivity contribution in [2.45, 2.75) is 10.7 Å². The summed E-state index contributed by atoms with van der Waals surface area (Å²) >= 11 is 0. The summed E-state index contributed by atoms with van der Waals surface area (Å²) in [4.78, 5) is 11.1. The Morgan fingerprint density at radius 3 is 2.40 bits per heavy atom. The van der Waals surface area contributed by atoms with Crippen LogP contribution in [0.2, 0.25) is 0 Å². The number of halogens is 2. The van der Waals surface area contributed by atoms with Gasteiger partial charge in [0.25, 0.3) is 5.91 Å². The van der Waals surface area contributed by atoms with Crippen molar-refractivity contribution in [2.24, 2.45) is 0 Å². The monoisotopic (exact) mass is 302 g/mol. The van der Waals surface area contributed by atoms with Crippen LogP contribution in [0.5, 0.6) is 0 Å². The number of hydrogen-bond acceptors (Lipinski definition) is 5. The minimum Gasteiger partial charge on any atom is -0.321 e. The van der Waals surface area contributed by atoms with Crippen LogP contribution < -0.4 is 5.32 Å². The molecule has 0 radical (unpaired) electrons. The van der Waals surface area contributed by atoms with Crippen LogP contribution in [0.15, 0.2) is 35.4 Å². The lowest BCUT2D eigenvalue weighted by molar-refractivity contribution is 0.102. The van der Waals surface area contributed by atoms with Crippen LogP contribution in [0.25, 0.3) is 0 Å². The van der Waals surface area contributed by atoms with Crippen molar-refractivity contribution in [2.75, 3.05) is 5.32 Å². The first-order valence-electron chi connectivity index (χ1n) is 5.20. The van der Waals surface area contributed by atoms with E-state index in [9.17, 15) is 22.0 Å². The lowest BCUT2D eigenvalue weighted by atomic mass is 10.3. The standard InChI is InChI=1S/C10H8F2N4O3S/c11-10(12)20(18,19)7-3-1-6(2-4-7)14-9(17)8-5-13-16-15-8/h1-5,10H,(H,14,17)(H,13,15,16). The molecule has 1 heterocycles. The second-order valence-corrected chi connectivity index (χ2v) is 5.56. The Bertz CT molecular complexity index is 699. The van der Waals surface area contributed by atoms with Crippen LogP contribution in [0.1, 0.15) is 10.5 Å². The number of amides is 1. The third-order valence-corrected chi connectivity index (χ3v) is 3.72. The van der Waals surface area contributed by atoms with Gasteiger partial charge in [-0.3, -0.25) is 4.79 Å². The van der Waals surface area contributed by atoms with Crippen LogP contribution >= 0.6 is 0 Å². The molecular weight excluding hydrogens is 294 g/mol. The summed E-state index contributed by atoms with van der Waals surface area (Å²) < 4.78 is 47.0. The predicted molar refractivity (Wildman–Crippen MR) is 64.0 cm³/mol. The molecule has 0 fully saturated rings. The van der Waals surface area contributed by atoms with Crippen LogP contribution in [0.4, 0.5) is 14.5 Å². The van der Waals surface area contributed by atoms with Crippen molar-refractivity contribution in [3.63, 3.8) is 0 Å². The Balaban J connectivity index is 2.15. The molecule has 10 heteroatoms. The van der Waals surface area contributed by atoms with Crippen molar-refractivity contribution in [1.82, 2.24) is 15.4 Å². The lowest BCUT2D eigenvalue weighted by Gasteiger charge is -2.05. The van der Waals surface area contributed by atoms with Gasteiger partial charge in [0.15, 0.2) is 5.69 Å². The summed E-state index contributed by atoms with van der Waals surface area (Å²) in [7, 11) is -4.64. The van der Waals surface area contributed by atoms with E-state index in [0.717, 1.165) is 12.1 Å². The molecule has 2 aromatic rings. The van der Waals surface area contributed by atoms with E-state index in [1.807, 2.05) is 0 Å². The zero-order chi connectivity index (χ0) is 14.8. The maximum Gasteiger partial charge on any atom is 0.341 e. The van der Waals surface area contributed by atoms with Crippen LogP contribution in [0, 0.1) is 0 Å². The zero-order valence-corrected chi connectivity index (χ0v) is 10.6. The highest BCUT2D eigenvalue weighted by Gasteiger charge is 2.26. The van der Waals surface area contributed by atoms with Crippen molar-refractivity contribution < 1.29 is 22.0 Å². The second-order valence-electron chi connectivity index (χ2n) is 3.64. The highest BCUT2D eigenvalue weighted by atomic mass is 32.2. The first-order chi connectivity index (χ1) is 9.41. The number of hydrogen-bond donors (Lipinski definition) is 2. The average Bonchev–Trinajstić information content (AvgIpc) is 2.93. The molecule has 0 aliphatic rings. The molecule has 0 atom stereocenters. The van der Waals surface area contributed by atoms with Gasteiger partial charge in [0, 0.05) is 5.69 Å². The number of nitrogens with one attached hydrogen (secondary N) is 2. The molecule has 0 aliphatic heterocycles. The van der Waals surface area contributed by atoms with Crippen molar-refractivity contribution in [1.29, 1.82) is 0 Å². The molecule has 0 saturated carbocycles. The van der Waals surface area contributed by atoms with Gasteiger partial charge in [-0.15, -0.1) is 0 Å². The number of alkyl halides is 2. The van der Waals surface area contributed by atoms with E-state index in [-0.39, 0.29) is 11.4 Å². The number of aromatic nitrogens is 3. The first kappa shape index (κ1) is 14.1. The summed E-state index contributed by atoms with van der Waals surface area (Å²) in [5, 5.41) is 11.7. The molecule has 2 N–H and O–H groups in total. The number of benzene rings is 1. The Morgan fingerprint density at radius 2 is 1.90 bits per heavy atom. The molecule has 20 heavy (non-hydrogen) atoms. The van der Waals surface area contributed by atoms with E-state index < -0.39 is 26.4 Å². The molecule has 1 aromatic heterocycles. The molecule has 0 spiro atoms. The fourth-order valence-electron chi connectivity index (χ4n) is 1.34. The molecule has 0 unspecified atom stereocenters. The smallest absolute Gasteiger partial charge is 0.321 e. The topological polar surface area (TPSA) is 105 Å². The molecule has 106 valence electrons. The highest BCUT2D eigenvalue weighted by Crippen LogP contribution is 2.20. The third kappa shape index (κ3) is 2.79. The molecule has 0 saturated heterocycles. The van der Waals surface area contributed by atoms with Crippen molar-refractivity contribution in [3.05, 3.63) is 36.2 Å². The Hall–Kier alpha value is -2.36. The van der Waals surface area contributed by atoms with Gasteiger partial charge in [-0.1, -0.05) is 0 Å². The normalized spacial score (nSPS) is 11.6. The van der Waals surface area contributed by atoms with Crippen molar-refractivity contribution in [3.8, 4) is 0 Å². The molecule has 1 aromatic carbocycles. The molecule has 1 amide bonds. The minimum atomic E-state index is -4.64. The maximum atomic E-state index is 12.3. The summed E-state index contributed by atoms with van der Waals surface area (Å²) in [6.07, 6.45) is 1.20. The molecule has 0 bridgehead atoms. The Morgan fingerprint density at radius 1 is 1.25 bits per heavy atom. The molecule has 0 aliphatic carbocycles. The van der Waals surface area contributed by atoms with E-state index in [0.29, 0.717) is 0 Å². The Labute approximate surface area is 111 Å². The minimum absolute atomic E-state index is 0.0364. The van der Waals surface area contributed by atoms with Gasteiger partial charge in [-0.2, -0.15) is 24.2 Å². The van der Waals surface area contributed by atoms with Gasteiger partial charge < -0.3 is 5.32 Å². The van der Waals surface area contributed by atoms with Crippen LogP contribution in [-0.4, -0.2) is 35.5 Å². The van der Waals surface area contributed by atoms with Gasteiger partial charge in [0.2, 0.25) is 9.84 Å². The lowest BCUT2D eigenvalue weighted by Crippen LogP contribution is -2.13. The van der Waals surface area contributed by atoms with Gasteiger partial charge in [-0.05, 0) is 24.3 Å². The largest absolute Gasteiger partial charge is 0.341 e. The fourth-order valence-corrected chi connectivity index (χ4v) is 2.06. The van der Waals surface area contributed by atoms with Crippen molar-refractivity contribution >= 4 is 21.4 Å². The number of H-pyrrole nitrogens is 1. The fraction of sp³-hybridized carbons (Fsp3) is 0.100. The molecular formula is C10H8F2N4O3S. The number of rotatable bonds is 4. The second kappa shape index (κ2) is 5.33. The quantitative estimate of drug-likeness (QED) is 0.878. The van der Waals surface area contributed by atoms with Crippen LogP contribution in [0.3, 0.4) is 0 Å². The number of aromatic amines is 1. The van der Waals surface area contributed by atoms with E-state index in [2.05, 4.69) is 20.7 Å². The average molecular weight is 302 g/mol. The van der Waals surface area contributed by atoms with Gasteiger partial charge in [-0.25, -0.2) is 8.42 Å². The van der Waals surface area contributed by atoms with E-state index >= 15 is 0 Å². The summed E-state index contributed by atoms with van der Waals surface area (Å²) in [6.45, 7) is 0. The van der Waals surface area contributed by atoms with Crippen LogP contribution in [-0.2, 0) is 9.84 Å². The summed E-state index contributed by atoms with van der Waals surface area (Å²) in [5.41, 5.74) is 0.278. The molecule has 7 nitrogen and oxygen atoms in total. The summed E-state index contributed by atoms with van der Waals surface area (Å²) in [5.74, 6) is -4.05. The number of carbonyl (C=O) groups excluding carboxylic acids is 1. The van der Waals surface area contributed by atoms with Gasteiger partial charge in [0.1, 0.15) is 0 Å². The maximum absolute atomic E-state index is 12.3. The van der Waals surface area contributed by atoms with E-state index in [4.69, 9.17) is 0 Å². The predicted octanol–water partition coefficient (Wildman–Crippen LogP) is 1.05. The highest BCUT2D eigenvalue weighted by molar-refractivity contribution is 7.91. The summed E-state index contributed by atoms with van der Waals surface area (Å²) in [6, 6.07) is 4.38. The Kier molecular flexibility index (Phi) is 3.74. The third-order valence-electron chi connectivity index (χ3n) is 2.32. The number of carbonyl (C=O) groups is 1. The SMILES string of the molecule is O=C(Nc1ccc(S(=O)(=O)C(F)F)cc1)c1cn[nH]n1. The van der Waals surface area contributed by atoms with Gasteiger partial charge in [0.05, 0.1) is 11.1 Å². The zero-order valence-electron chi connectivity index (χ0n) is 9.75. The number of sulfone groups is 1. The number of nitrogens with zero attached hydrogens (tertiary/aromatic N) is 2.